The van der Waals surface area contributed by atoms with E-state index in [1.165, 1.54) is 0 Å². The molecule has 0 aliphatic heterocycles. The van der Waals surface area contributed by atoms with Gasteiger partial charge in [-0.2, -0.15) is 0 Å². The zero-order valence-electron chi connectivity index (χ0n) is 11.8. The minimum atomic E-state index is -1.82. The van der Waals surface area contributed by atoms with Crippen LogP contribution in [0, 0.1) is 0 Å². The molecule has 0 spiro atoms. The Morgan fingerprint density at radius 3 is 2.38 bits per heavy atom. The first-order chi connectivity index (χ1) is 9.99. The summed E-state index contributed by atoms with van der Waals surface area (Å²) in [4.78, 5) is 18.2. The van der Waals surface area contributed by atoms with E-state index in [1.807, 2.05) is 31.2 Å². The molecule has 0 heterocycles. The van der Waals surface area contributed by atoms with Crippen LogP contribution in [0.5, 0.6) is 0 Å². The Morgan fingerprint density at radius 2 is 1.86 bits per heavy atom. The largest absolute Gasteiger partial charge is 0.473 e. The predicted octanol–water partition coefficient (Wildman–Crippen LogP) is 2.01. The molecule has 0 aromatic heterocycles. The Hall–Kier alpha value is -1.63. The van der Waals surface area contributed by atoms with Gasteiger partial charge in [0.05, 0.1) is 0 Å². The van der Waals surface area contributed by atoms with Gasteiger partial charge in [-0.1, -0.05) is 29.8 Å². The van der Waals surface area contributed by atoms with Gasteiger partial charge in [0.1, 0.15) is 0 Å². The number of carboxylic acid groups (broad SMARTS) is 2. The summed E-state index contributed by atoms with van der Waals surface area (Å²) in [5, 5.41) is 18.9. The van der Waals surface area contributed by atoms with Crippen LogP contribution in [0.2, 0.25) is 5.02 Å². The maximum Gasteiger partial charge on any atom is 0.414 e. The van der Waals surface area contributed by atoms with Crippen molar-refractivity contribution in [3.63, 3.8) is 0 Å². The first kappa shape index (κ1) is 19.4. The Balaban J connectivity index is 0.000000567. The van der Waals surface area contributed by atoms with Crippen molar-refractivity contribution in [2.45, 2.75) is 19.9 Å². The number of nitrogens with one attached hydrogen (secondary N) is 1. The van der Waals surface area contributed by atoms with Gasteiger partial charge in [-0.15, -0.1) is 0 Å². The number of ether oxygens (including phenoxy) is 1. The lowest BCUT2D eigenvalue weighted by molar-refractivity contribution is -0.159. The molecule has 0 aliphatic carbocycles. The van der Waals surface area contributed by atoms with Crippen molar-refractivity contribution in [3.8, 4) is 0 Å². The molecule has 0 radical (unpaired) electrons. The van der Waals surface area contributed by atoms with Crippen LogP contribution in [0.3, 0.4) is 0 Å². The van der Waals surface area contributed by atoms with E-state index in [4.69, 9.17) is 36.1 Å². The monoisotopic (exact) mass is 317 g/mol. The van der Waals surface area contributed by atoms with E-state index in [0.717, 1.165) is 43.3 Å². The second kappa shape index (κ2) is 12.1. The minimum absolute atomic E-state index is 0.796. The molecule has 0 aliphatic rings. The number of hydrogen-bond donors (Lipinski definition) is 3. The van der Waals surface area contributed by atoms with E-state index in [2.05, 4.69) is 5.32 Å². The van der Waals surface area contributed by atoms with Gasteiger partial charge in [0.2, 0.25) is 0 Å². The number of rotatable bonds is 7. The van der Waals surface area contributed by atoms with Crippen LogP contribution in [-0.4, -0.2) is 41.9 Å². The van der Waals surface area contributed by atoms with Crippen LogP contribution in [-0.2, 0) is 20.9 Å². The van der Waals surface area contributed by atoms with Crippen LogP contribution < -0.4 is 5.32 Å². The molecule has 0 unspecified atom stereocenters. The quantitative estimate of drug-likeness (QED) is 0.526. The summed E-state index contributed by atoms with van der Waals surface area (Å²) >= 11 is 6.02. The molecule has 0 saturated carbocycles. The molecule has 3 N–H and O–H groups in total. The number of benzene rings is 1. The van der Waals surface area contributed by atoms with Gasteiger partial charge in [0, 0.05) is 24.8 Å². The first-order valence-electron chi connectivity index (χ1n) is 6.47. The molecular formula is C14H20ClNO5. The van der Waals surface area contributed by atoms with Crippen molar-refractivity contribution in [1.82, 2.24) is 5.32 Å². The molecule has 7 heteroatoms. The van der Waals surface area contributed by atoms with Crippen LogP contribution in [0.15, 0.2) is 24.3 Å². The Bertz CT molecular complexity index is 427. The lowest BCUT2D eigenvalue weighted by atomic mass is 10.2. The molecule has 118 valence electrons. The van der Waals surface area contributed by atoms with Crippen LogP contribution >= 0.6 is 11.6 Å². The highest BCUT2D eigenvalue weighted by Gasteiger charge is 2.04. The highest BCUT2D eigenvalue weighted by Crippen LogP contribution is 2.13. The van der Waals surface area contributed by atoms with Gasteiger partial charge in [-0.05, 0) is 31.5 Å². The van der Waals surface area contributed by atoms with Gasteiger partial charge in [0.15, 0.2) is 0 Å². The van der Waals surface area contributed by atoms with Crippen LogP contribution in [0.25, 0.3) is 0 Å². The van der Waals surface area contributed by atoms with E-state index in [-0.39, 0.29) is 0 Å². The third kappa shape index (κ3) is 10.8. The molecule has 1 aromatic carbocycles. The SMILES string of the molecule is CCOCCCNCc1ccccc1Cl.O=C(O)C(=O)O. The Kier molecular flexibility index (Phi) is 11.2. The number of hydrogen-bond acceptors (Lipinski definition) is 4. The van der Waals surface area contributed by atoms with Gasteiger partial charge in [0.25, 0.3) is 0 Å². The van der Waals surface area contributed by atoms with E-state index >= 15 is 0 Å². The van der Waals surface area contributed by atoms with Crippen molar-refractivity contribution in [3.05, 3.63) is 34.9 Å². The van der Waals surface area contributed by atoms with E-state index < -0.39 is 11.9 Å². The smallest absolute Gasteiger partial charge is 0.414 e. The fourth-order valence-corrected chi connectivity index (χ4v) is 1.51. The first-order valence-corrected chi connectivity index (χ1v) is 6.84. The average Bonchev–Trinajstić information content (AvgIpc) is 2.45. The minimum Gasteiger partial charge on any atom is -0.473 e. The van der Waals surface area contributed by atoms with Crippen molar-refractivity contribution < 1.29 is 24.5 Å². The molecular weight excluding hydrogens is 298 g/mol. The molecule has 6 nitrogen and oxygen atoms in total. The molecule has 0 atom stereocenters. The molecule has 1 rings (SSSR count). The highest BCUT2D eigenvalue weighted by atomic mass is 35.5. The lowest BCUT2D eigenvalue weighted by Crippen LogP contribution is -2.16. The fourth-order valence-electron chi connectivity index (χ4n) is 1.31. The number of aliphatic carboxylic acids is 2. The molecule has 0 fully saturated rings. The summed E-state index contributed by atoms with van der Waals surface area (Å²) < 4.78 is 5.24. The van der Waals surface area contributed by atoms with Crippen LogP contribution in [0.1, 0.15) is 18.9 Å². The second-order valence-corrected chi connectivity index (χ2v) is 4.34. The zero-order valence-corrected chi connectivity index (χ0v) is 12.6. The van der Waals surface area contributed by atoms with Crippen LogP contribution in [0.4, 0.5) is 0 Å². The second-order valence-electron chi connectivity index (χ2n) is 3.93. The van der Waals surface area contributed by atoms with E-state index in [1.54, 1.807) is 0 Å². The fraction of sp³-hybridized carbons (Fsp3) is 0.429. The van der Waals surface area contributed by atoms with Crippen molar-refractivity contribution in [2.75, 3.05) is 19.8 Å². The molecule has 0 amide bonds. The van der Waals surface area contributed by atoms with Gasteiger partial charge < -0.3 is 20.3 Å². The molecule has 1 aromatic rings. The summed E-state index contributed by atoms with van der Waals surface area (Å²) in [6, 6.07) is 7.90. The lowest BCUT2D eigenvalue weighted by Gasteiger charge is -2.06. The van der Waals surface area contributed by atoms with E-state index in [0.29, 0.717) is 0 Å². The van der Waals surface area contributed by atoms with Gasteiger partial charge in [-0.3, -0.25) is 0 Å². The third-order valence-corrected chi connectivity index (χ3v) is 2.67. The number of halogens is 1. The van der Waals surface area contributed by atoms with Gasteiger partial charge in [-0.25, -0.2) is 9.59 Å². The topological polar surface area (TPSA) is 95.9 Å². The zero-order chi connectivity index (χ0) is 16.1. The average molecular weight is 318 g/mol. The van der Waals surface area contributed by atoms with E-state index in [9.17, 15) is 0 Å². The molecule has 21 heavy (non-hydrogen) atoms. The van der Waals surface area contributed by atoms with Crippen molar-refractivity contribution in [2.24, 2.45) is 0 Å². The summed E-state index contributed by atoms with van der Waals surface area (Å²) in [7, 11) is 0. The summed E-state index contributed by atoms with van der Waals surface area (Å²) in [6.45, 7) is 5.42. The predicted molar refractivity (Wildman–Crippen MR) is 79.5 cm³/mol. The maximum atomic E-state index is 9.10. The maximum absolute atomic E-state index is 9.10. The summed E-state index contributed by atoms with van der Waals surface area (Å²) in [6.07, 6.45) is 1.04. The van der Waals surface area contributed by atoms with Crippen molar-refractivity contribution in [1.29, 1.82) is 0 Å². The summed E-state index contributed by atoms with van der Waals surface area (Å²) in [5.74, 6) is -3.65. The van der Waals surface area contributed by atoms with Crippen molar-refractivity contribution >= 4 is 23.5 Å². The molecule has 0 saturated heterocycles. The molecule has 0 bridgehead atoms. The Labute approximate surface area is 128 Å². The third-order valence-electron chi connectivity index (χ3n) is 2.30. The Morgan fingerprint density at radius 1 is 1.24 bits per heavy atom. The highest BCUT2D eigenvalue weighted by molar-refractivity contribution is 6.31. The number of carboxylic acids is 2. The normalized spacial score (nSPS) is 9.62. The summed E-state index contributed by atoms with van der Waals surface area (Å²) in [5.41, 5.74) is 1.15. The standard InChI is InChI=1S/C12H18ClNO.C2H2O4/c1-2-15-9-5-8-14-10-11-6-3-4-7-12(11)13;3-1(4)2(5)6/h3-4,6-7,14H,2,5,8-10H2,1H3;(H,3,4)(H,5,6). The van der Waals surface area contributed by atoms with Gasteiger partial charge >= 0.3 is 11.9 Å². The number of carbonyl (C=O) groups is 2.